The molecule has 0 spiro atoms. The van der Waals surface area contributed by atoms with Crippen LogP contribution in [0.2, 0.25) is 0 Å². The van der Waals surface area contributed by atoms with Crippen LogP contribution in [0, 0.1) is 17.3 Å². The van der Waals surface area contributed by atoms with E-state index in [1.807, 2.05) is 0 Å². The third kappa shape index (κ3) is 2.98. The highest BCUT2D eigenvalue weighted by atomic mass is 15.1. The van der Waals surface area contributed by atoms with Crippen LogP contribution in [-0.2, 0) is 0 Å². The first-order valence-corrected chi connectivity index (χ1v) is 5.56. The molecule has 0 aliphatic heterocycles. The van der Waals surface area contributed by atoms with E-state index in [4.69, 9.17) is 0 Å². The maximum absolute atomic E-state index is 2.39. The van der Waals surface area contributed by atoms with Crippen molar-refractivity contribution in [2.45, 2.75) is 40.0 Å². The van der Waals surface area contributed by atoms with Crippen molar-refractivity contribution in [3.63, 3.8) is 0 Å². The van der Waals surface area contributed by atoms with Crippen molar-refractivity contribution in [3.8, 4) is 0 Å². The van der Waals surface area contributed by atoms with Crippen LogP contribution in [0.15, 0.2) is 0 Å². The third-order valence-electron chi connectivity index (χ3n) is 3.37. The van der Waals surface area contributed by atoms with Crippen LogP contribution in [0.5, 0.6) is 0 Å². The van der Waals surface area contributed by atoms with Gasteiger partial charge in [0.25, 0.3) is 0 Å². The first kappa shape index (κ1) is 11.0. The van der Waals surface area contributed by atoms with Gasteiger partial charge in [-0.05, 0) is 44.2 Å². The monoisotopic (exact) mass is 183 g/mol. The molecule has 2 atom stereocenters. The Bertz CT molecular complexity index is 155. The van der Waals surface area contributed by atoms with Gasteiger partial charge in [-0.25, -0.2) is 0 Å². The van der Waals surface area contributed by atoms with Gasteiger partial charge in [-0.1, -0.05) is 27.2 Å². The normalized spacial score (nSPS) is 30.0. The van der Waals surface area contributed by atoms with Gasteiger partial charge in [0.15, 0.2) is 0 Å². The van der Waals surface area contributed by atoms with Crippen LogP contribution in [0.4, 0.5) is 0 Å². The van der Waals surface area contributed by atoms with E-state index in [9.17, 15) is 0 Å². The summed E-state index contributed by atoms with van der Waals surface area (Å²) in [6, 6.07) is 0. The predicted molar refractivity (Wildman–Crippen MR) is 58.8 cm³/mol. The highest BCUT2D eigenvalue weighted by molar-refractivity contribution is 4.86. The molecule has 0 aromatic carbocycles. The lowest BCUT2D eigenvalue weighted by Crippen LogP contribution is -2.31. The summed E-state index contributed by atoms with van der Waals surface area (Å²) in [5, 5.41) is 0. The maximum atomic E-state index is 2.39. The molecule has 0 bridgehead atoms. The second kappa shape index (κ2) is 4.00. The van der Waals surface area contributed by atoms with Crippen LogP contribution in [0.3, 0.4) is 0 Å². The molecule has 1 saturated carbocycles. The van der Waals surface area contributed by atoms with E-state index in [1.54, 1.807) is 0 Å². The first-order valence-electron chi connectivity index (χ1n) is 5.56. The van der Waals surface area contributed by atoms with Gasteiger partial charge in [-0.2, -0.15) is 0 Å². The number of hydrogen-bond donors (Lipinski definition) is 0. The fourth-order valence-electron chi connectivity index (χ4n) is 2.86. The molecule has 0 radical (unpaired) electrons. The molecule has 78 valence electrons. The fourth-order valence-corrected chi connectivity index (χ4v) is 2.86. The average Bonchev–Trinajstić information content (AvgIpc) is 2.31. The van der Waals surface area contributed by atoms with Crippen LogP contribution < -0.4 is 0 Å². The van der Waals surface area contributed by atoms with Crippen LogP contribution in [0.25, 0.3) is 0 Å². The quantitative estimate of drug-likeness (QED) is 0.636. The van der Waals surface area contributed by atoms with Gasteiger partial charge in [0.05, 0.1) is 0 Å². The molecule has 0 amide bonds. The molecule has 2 unspecified atom stereocenters. The van der Waals surface area contributed by atoms with Gasteiger partial charge >= 0.3 is 0 Å². The Morgan fingerprint density at radius 1 is 1.15 bits per heavy atom. The van der Waals surface area contributed by atoms with Gasteiger partial charge in [-0.3, -0.25) is 0 Å². The van der Waals surface area contributed by atoms with E-state index in [-0.39, 0.29) is 0 Å². The molecule has 13 heavy (non-hydrogen) atoms. The van der Waals surface area contributed by atoms with Crippen LogP contribution in [0.1, 0.15) is 40.0 Å². The molecular weight excluding hydrogens is 158 g/mol. The van der Waals surface area contributed by atoms with E-state index >= 15 is 0 Å². The molecule has 1 rings (SSSR count). The second-order valence-corrected chi connectivity index (χ2v) is 5.93. The van der Waals surface area contributed by atoms with Crippen molar-refractivity contribution in [2.75, 3.05) is 20.6 Å². The Morgan fingerprint density at radius 2 is 1.77 bits per heavy atom. The standard InChI is InChI=1S/C12H25N/c1-12(2,3)11-8-6-7-10(11)9-13(4)5/h10-11H,6-9H2,1-5H3. The molecule has 0 N–H and O–H groups in total. The summed E-state index contributed by atoms with van der Waals surface area (Å²) in [5.41, 5.74) is 0.511. The van der Waals surface area contributed by atoms with E-state index in [0.717, 1.165) is 11.8 Å². The van der Waals surface area contributed by atoms with Crippen molar-refractivity contribution in [2.24, 2.45) is 17.3 Å². The Morgan fingerprint density at radius 3 is 2.23 bits per heavy atom. The smallest absolute Gasteiger partial charge is 0.000641 e. The molecule has 1 nitrogen and oxygen atoms in total. The van der Waals surface area contributed by atoms with E-state index < -0.39 is 0 Å². The van der Waals surface area contributed by atoms with Gasteiger partial charge in [0, 0.05) is 6.54 Å². The minimum atomic E-state index is 0.511. The van der Waals surface area contributed by atoms with E-state index in [2.05, 4.69) is 39.8 Å². The highest BCUT2D eigenvalue weighted by Crippen LogP contribution is 2.43. The van der Waals surface area contributed by atoms with Gasteiger partial charge < -0.3 is 4.90 Å². The zero-order valence-corrected chi connectivity index (χ0v) is 9.93. The van der Waals surface area contributed by atoms with Crippen molar-refractivity contribution in [1.29, 1.82) is 0 Å². The maximum Gasteiger partial charge on any atom is 0.000641 e. The fraction of sp³-hybridized carbons (Fsp3) is 1.00. The Balaban J connectivity index is 2.54. The van der Waals surface area contributed by atoms with Gasteiger partial charge in [0.2, 0.25) is 0 Å². The molecule has 0 aromatic rings. The summed E-state index contributed by atoms with van der Waals surface area (Å²) < 4.78 is 0. The lowest BCUT2D eigenvalue weighted by molar-refractivity contribution is 0.158. The predicted octanol–water partition coefficient (Wildman–Crippen LogP) is 3.01. The first-order chi connectivity index (χ1) is 5.91. The van der Waals surface area contributed by atoms with Crippen molar-refractivity contribution in [3.05, 3.63) is 0 Å². The largest absolute Gasteiger partial charge is 0.309 e. The van der Waals surface area contributed by atoms with Crippen LogP contribution in [-0.4, -0.2) is 25.5 Å². The van der Waals surface area contributed by atoms with Crippen molar-refractivity contribution in [1.82, 2.24) is 4.90 Å². The van der Waals surface area contributed by atoms with Crippen LogP contribution >= 0.6 is 0 Å². The highest BCUT2D eigenvalue weighted by Gasteiger charge is 2.35. The third-order valence-corrected chi connectivity index (χ3v) is 3.37. The van der Waals surface area contributed by atoms with Crippen molar-refractivity contribution >= 4 is 0 Å². The Labute approximate surface area is 83.5 Å². The molecule has 1 fully saturated rings. The zero-order valence-electron chi connectivity index (χ0n) is 9.93. The molecule has 1 aliphatic carbocycles. The summed E-state index contributed by atoms with van der Waals surface area (Å²) in [5.74, 6) is 1.88. The van der Waals surface area contributed by atoms with Gasteiger partial charge in [-0.15, -0.1) is 0 Å². The molecule has 0 aromatic heterocycles. The average molecular weight is 183 g/mol. The number of nitrogens with zero attached hydrogens (tertiary/aromatic N) is 1. The summed E-state index contributed by atoms with van der Waals surface area (Å²) in [6.45, 7) is 8.46. The topological polar surface area (TPSA) is 3.24 Å². The summed E-state index contributed by atoms with van der Waals surface area (Å²) in [4.78, 5) is 2.34. The number of rotatable bonds is 2. The molecule has 0 heterocycles. The molecule has 0 saturated heterocycles. The summed E-state index contributed by atoms with van der Waals surface area (Å²) >= 11 is 0. The van der Waals surface area contributed by atoms with E-state index in [0.29, 0.717) is 5.41 Å². The summed E-state index contributed by atoms with van der Waals surface area (Å²) in [7, 11) is 4.38. The molecule has 1 aliphatic rings. The SMILES string of the molecule is CN(C)CC1CCCC1C(C)(C)C. The Kier molecular flexibility index (Phi) is 3.39. The molecule has 1 heteroatoms. The lowest BCUT2D eigenvalue weighted by atomic mass is 9.75. The summed E-state index contributed by atoms with van der Waals surface area (Å²) in [6.07, 6.45) is 4.34. The van der Waals surface area contributed by atoms with E-state index in [1.165, 1.54) is 25.8 Å². The second-order valence-electron chi connectivity index (χ2n) is 5.93. The lowest BCUT2D eigenvalue weighted by Gasteiger charge is -2.33. The molecular formula is C12H25N. The zero-order chi connectivity index (χ0) is 10.1. The minimum absolute atomic E-state index is 0.511. The Hall–Kier alpha value is -0.0400. The van der Waals surface area contributed by atoms with Gasteiger partial charge in [0.1, 0.15) is 0 Å². The number of hydrogen-bond acceptors (Lipinski definition) is 1. The minimum Gasteiger partial charge on any atom is -0.309 e. The van der Waals surface area contributed by atoms with Crippen molar-refractivity contribution < 1.29 is 0 Å².